The van der Waals surface area contributed by atoms with Crippen LogP contribution >= 0.6 is 7.75 Å². The fourth-order valence-electron chi connectivity index (χ4n) is 3.09. The number of H-pyrrole nitrogens is 1. The van der Waals surface area contributed by atoms with Crippen molar-refractivity contribution in [3.63, 3.8) is 0 Å². The highest BCUT2D eigenvalue weighted by atomic mass is 31.2. The molecule has 188 valence electrons. The topological polar surface area (TPSA) is 198 Å². The molecule has 14 nitrogen and oxygen atoms in total. The molecule has 0 radical (unpaired) electrons. The molecule has 4 atom stereocenters. The van der Waals surface area contributed by atoms with Crippen LogP contribution in [0.5, 0.6) is 0 Å². The highest BCUT2D eigenvalue weighted by Gasteiger charge is 2.46. The van der Waals surface area contributed by atoms with Crippen LogP contribution < -0.4 is 16.3 Å². The van der Waals surface area contributed by atoms with E-state index < -0.39 is 43.5 Å². The van der Waals surface area contributed by atoms with Crippen LogP contribution in [0.4, 0.5) is 0 Å². The summed E-state index contributed by atoms with van der Waals surface area (Å²) in [6.45, 7) is 1.20. The van der Waals surface area contributed by atoms with Crippen LogP contribution in [-0.4, -0.2) is 73.1 Å². The maximum atomic E-state index is 13.0. The molecule has 0 spiro atoms. The van der Waals surface area contributed by atoms with Crippen LogP contribution in [0.15, 0.2) is 15.8 Å². The van der Waals surface area contributed by atoms with Gasteiger partial charge in [-0.25, -0.2) is 14.4 Å². The van der Waals surface area contributed by atoms with Crippen molar-refractivity contribution >= 4 is 7.75 Å². The summed E-state index contributed by atoms with van der Waals surface area (Å²) in [6, 6.07) is 3.70. The highest BCUT2D eigenvalue weighted by Crippen LogP contribution is 2.44. The molecular weight excluding hydrogens is 473 g/mol. The van der Waals surface area contributed by atoms with Gasteiger partial charge in [-0.15, -0.1) is 0 Å². The number of aliphatic hydroxyl groups is 1. The van der Waals surface area contributed by atoms with Gasteiger partial charge < -0.3 is 19.3 Å². The largest absolute Gasteiger partial charge is 0.405 e. The van der Waals surface area contributed by atoms with Crippen LogP contribution in [0, 0.1) is 29.6 Å². The Bertz CT molecular complexity index is 1020. The molecule has 1 aromatic rings. The predicted molar refractivity (Wildman–Crippen MR) is 116 cm³/mol. The lowest BCUT2D eigenvalue weighted by atomic mass is 10.1. The van der Waals surface area contributed by atoms with Crippen molar-refractivity contribution in [3.8, 4) is 12.1 Å². The summed E-state index contributed by atoms with van der Waals surface area (Å²) in [7, 11) is -2.47. The van der Waals surface area contributed by atoms with Crippen molar-refractivity contribution < 1.29 is 32.9 Å². The molecule has 2 rings (SSSR count). The van der Waals surface area contributed by atoms with E-state index in [1.54, 1.807) is 0 Å². The van der Waals surface area contributed by atoms with Gasteiger partial charge in [0.25, 0.3) is 5.56 Å². The lowest BCUT2D eigenvalue weighted by Crippen LogP contribution is -2.41. The lowest BCUT2D eigenvalue weighted by Gasteiger charge is -2.22. The van der Waals surface area contributed by atoms with E-state index in [-0.39, 0.29) is 51.4 Å². The van der Waals surface area contributed by atoms with E-state index in [0.717, 1.165) is 4.57 Å². The summed E-state index contributed by atoms with van der Waals surface area (Å²) in [4.78, 5) is 26.3. The molecule has 3 N–H and O–H groups in total. The summed E-state index contributed by atoms with van der Waals surface area (Å²) in [6.07, 6.45) is -3.22. The van der Waals surface area contributed by atoms with Crippen molar-refractivity contribution in [1.29, 1.82) is 10.5 Å². The van der Waals surface area contributed by atoms with Gasteiger partial charge >= 0.3 is 13.4 Å². The summed E-state index contributed by atoms with van der Waals surface area (Å²) >= 11 is 0. The van der Waals surface area contributed by atoms with E-state index in [2.05, 4.69) is 10.1 Å². The fourth-order valence-corrected chi connectivity index (χ4v) is 4.41. The number of hydrogen-bond donors (Lipinski definition) is 3. The van der Waals surface area contributed by atoms with Crippen molar-refractivity contribution in [2.75, 3.05) is 40.1 Å². The maximum absolute atomic E-state index is 13.0. The molecule has 1 aliphatic rings. The van der Waals surface area contributed by atoms with Gasteiger partial charge in [-0.05, 0) is 6.92 Å². The molecule has 0 bridgehead atoms. The zero-order valence-corrected chi connectivity index (χ0v) is 19.7. The number of rotatable bonds is 14. The average molecular weight is 501 g/mol. The Balaban J connectivity index is 2.21. The number of nitrogens with zero attached hydrogens (tertiary/aromatic N) is 3. The monoisotopic (exact) mass is 501 g/mol. The van der Waals surface area contributed by atoms with Gasteiger partial charge in [0, 0.05) is 25.4 Å². The quantitative estimate of drug-likeness (QED) is 0.222. The second-order valence-electron chi connectivity index (χ2n) is 7.20. The average Bonchev–Trinajstić information content (AvgIpc) is 3.11. The SMILES string of the molecule is COCCO[C@@H]1[C@H](O)[C@@H](CNP(=O)(OCCC#N)OCCC#N)O[C@H]1n1cc(C)c(=O)[nH]c1=O. The first kappa shape index (κ1) is 27.9. The first-order chi connectivity index (χ1) is 16.3. The maximum Gasteiger partial charge on any atom is 0.405 e. The second-order valence-corrected chi connectivity index (χ2v) is 9.03. The Morgan fingerprint density at radius 1 is 1.21 bits per heavy atom. The van der Waals surface area contributed by atoms with E-state index in [1.165, 1.54) is 20.2 Å². The molecule has 0 aromatic carbocycles. The Hall–Kier alpha value is -2.39. The molecule has 1 aliphatic heterocycles. The van der Waals surface area contributed by atoms with Gasteiger partial charge in [0.1, 0.15) is 18.3 Å². The van der Waals surface area contributed by atoms with Crippen molar-refractivity contribution in [2.24, 2.45) is 0 Å². The van der Waals surface area contributed by atoms with E-state index in [1.807, 2.05) is 12.1 Å². The van der Waals surface area contributed by atoms with E-state index >= 15 is 0 Å². The van der Waals surface area contributed by atoms with Crippen LogP contribution in [0.25, 0.3) is 0 Å². The second kappa shape index (κ2) is 13.5. The minimum Gasteiger partial charge on any atom is -0.387 e. The van der Waals surface area contributed by atoms with Crippen LogP contribution in [0.3, 0.4) is 0 Å². The standard InChI is InChI=1S/C19H28N5O9P/c1-13-12-24(19(27)23-17(13)26)18-16(30-10-9-29-2)15(25)14(33-18)11-22-34(28,31-7-3-5-20)32-8-4-6-21/h12,14-16,18,25H,3-4,7-11H2,1-2H3,(H,22,28)(H,23,26,27)/t14-,15-,16-,18-/m1/s1. The van der Waals surface area contributed by atoms with E-state index in [9.17, 15) is 19.3 Å². The summed E-state index contributed by atoms with van der Waals surface area (Å²) < 4.78 is 40.9. The van der Waals surface area contributed by atoms with Gasteiger partial charge in [0.2, 0.25) is 0 Å². The normalized spacial score (nSPS) is 22.4. The number of ether oxygens (including phenoxy) is 3. The van der Waals surface area contributed by atoms with Gasteiger partial charge in [0.15, 0.2) is 6.23 Å². The molecule has 0 aliphatic carbocycles. The number of nitrogens with one attached hydrogen (secondary N) is 2. The Labute approximate surface area is 195 Å². The molecule has 1 aromatic heterocycles. The number of aromatic amines is 1. The highest BCUT2D eigenvalue weighted by molar-refractivity contribution is 7.51. The minimum atomic E-state index is -3.94. The molecule has 0 saturated carbocycles. The van der Waals surface area contributed by atoms with Crippen LogP contribution in [-0.2, 0) is 27.8 Å². The molecular formula is C19H28N5O9P. The molecule has 1 fully saturated rings. The molecule has 34 heavy (non-hydrogen) atoms. The molecule has 15 heteroatoms. The molecule has 0 amide bonds. The molecule has 1 saturated heterocycles. The minimum absolute atomic E-state index is 0.0399. The summed E-state index contributed by atoms with van der Waals surface area (Å²) in [5.41, 5.74) is -1.07. The predicted octanol–water partition coefficient (Wildman–Crippen LogP) is -0.307. The Kier molecular flexibility index (Phi) is 11.0. The van der Waals surface area contributed by atoms with Crippen LogP contribution in [0.1, 0.15) is 24.6 Å². The molecule has 2 heterocycles. The Morgan fingerprint density at radius 2 is 1.85 bits per heavy atom. The van der Waals surface area contributed by atoms with Gasteiger partial charge in [-0.3, -0.25) is 23.4 Å². The summed E-state index contributed by atoms with van der Waals surface area (Å²) in [5.74, 6) is 0. The van der Waals surface area contributed by atoms with Crippen molar-refractivity contribution in [1.82, 2.24) is 14.6 Å². The van der Waals surface area contributed by atoms with Gasteiger partial charge in [-0.1, -0.05) is 0 Å². The number of nitriles is 2. The number of aliphatic hydroxyl groups excluding tert-OH is 1. The van der Waals surface area contributed by atoms with Gasteiger partial charge in [-0.2, -0.15) is 10.5 Å². The third-order valence-electron chi connectivity index (χ3n) is 4.77. The number of aryl methyl sites for hydroxylation is 1. The van der Waals surface area contributed by atoms with Crippen molar-refractivity contribution in [3.05, 3.63) is 32.6 Å². The third-order valence-corrected chi connectivity index (χ3v) is 6.38. The van der Waals surface area contributed by atoms with Crippen LogP contribution in [0.2, 0.25) is 0 Å². The first-order valence-electron chi connectivity index (χ1n) is 10.4. The van der Waals surface area contributed by atoms with Gasteiger partial charge in [0.05, 0.1) is 51.4 Å². The Morgan fingerprint density at radius 3 is 2.44 bits per heavy atom. The fraction of sp³-hybridized carbons (Fsp3) is 0.684. The van der Waals surface area contributed by atoms with Crippen molar-refractivity contribution in [2.45, 2.75) is 44.3 Å². The lowest BCUT2D eigenvalue weighted by molar-refractivity contribution is -0.0795. The number of hydrogen-bond acceptors (Lipinski definition) is 11. The zero-order valence-electron chi connectivity index (χ0n) is 18.8. The van der Waals surface area contributed by atoms with E-state index in [0.29, 0.717) is 0 Å². The molecule has 0 unspecified atom stereocenters. The smallest absolute Gasteiger partial charge is 0.387 e. The number of aromatic nitrogens is 2. The van der Waals surface area contributed by atoms with E-state index in [4.69, 9.17) is 33.8 Å². The number of methoxy groups -OCH3 is 1. The summed E-state index contributed by atoms with van der Waals surface area (Å²) in [5, 5.41) is 30.8. The first-order valence-corrected chi connectivity index (χ1v) is 11.9. The third kappa shape index (κ3) is 7.56. The zero-order chi connectivity index (χ0) is 25.1.